The molecule has 0 unspecified atom stereocenters. The van der Waals surface area contributed by atoms with E-state index in [9.17, 15) is 4.39 Å². The third kappa shape index (κ3) is 3.18. The maximum atomic E-state index is 12.8. The molecular weight excluding hydrogens is 255 g/mol. The Balaban J connectivity index is 1.58. The van der Waals surface area contributed by atoms with Gasteiger partial charge in [0.1, 0.15) is 18.2 Å². The van der Waals surface area contributed by atoms with E-state index in [4.69, 9.17) is 4.74 Å². The van der Waals surface area contributed by atoms with E-state index >= 15 is 0 Å². The lowest BCUT2D eigenvalue weighted by Crippen LogP contribution is -2.13. The largest absolute Gasteiger partial charge is 0.487 e. The van der Waals surface area contributed by atoms with Gasteiger partial charge in [-0.15, -0.1) is 0 Å². The van der Waals surface area contributed by atoms with Crippen LogP contribution in [0.25, 0.3) is 0 Å². The van der Waals surface area contributed by atoms with Crippen LogP contribution in [0.2, 0.25) is 0 Å². The highest BCUT2D eigenvalue weighted by atomic mass is 19.1. The molecule has 1 fully saturated rings. The van der Waals surface area contributed by atoms with Gasteiger partial charge in [-0.1, -0.05) is 19.3 Å². The van der Waals surface area contributed by atoms with Gasteiger partial charge < -0.3 is 4.74 Å². The molecule has 1 heterocycles. The molecule has 3 rings (SSSR count). The van der Waals surface area contributed by atoms with Crippen molar-refractivity contribution in [2.45, 2.75) is 44.8 Å². The third-order valence-electron chi connectivity index (χ3n) is 3.81. The van der Waals surface area contributed by atoms with Gasteiger partial charge in [-0.2, -0.15) is 5.10 Å². The summed E-state index contributed by atoms with van der Waals surface area (Å²) in [6.07, 6.45) is 8.43. The second-order valence-corrected chi connectivity index (χ2v) is 5.32. The Morgan fingerprint density at radius 2 is 1.85 bits per heavy atom. The molecule has 106 valence electrons. The Labute approximate surface area is 118 Å². The van der Waals surface area contributed by atoms with Crippen molar-refractivity contribution in [2.24, 2.45) is 0 Å². The zero-order valence-corrected chi connectivity index (χ0v) is 11.5. The van der Waals surface area contributed by atoms with Gasteiger partial charge in [0, 0.05) is 6.20 Å². The lowest BCUT2D eigenvalue weighted by molar-refractivity contribution is 0.290. The number of hydrogen-bond acceptors (Lipinski definition) is 2. The summed E-state index contributed by atoms with van der Waals surface area (Å²) in [5.41, 5.74) is 0.917. The number of benzene rings is 1. The fourth-order valence-electron chi connectivity index (χ4n) is 2.69. The van der Waals surface area contributed by atoms with E-state index in [2.05, 4.69) is 9.78 Å². The molecule has 1 saturated carbocycles. The zero-order chi connectivity index (χ0) is 13.8. The predicted octanol–water partition coefficient (Wildman–Crippen LogP) is 4.11. The van der Waals surface area contributed by atoms with Gasteiger partial charge in [0.15, 0.2) is 0 Å². The first-order valence-corrected chi connectivity index (χ1v) is 7.24. The van der Waals surface area contributed by atoms with E-state index in [0.29, 0.717) is 18.4 Å². The van der Waals surface area contributed by atoms with Crippen molar-refractivity contribution in [3.8, 4) is 5.75 Å². The molecule has 0 saturated heterocycles. The molecule has 0 radical (unpaired) electrons. The fraction of sp³-hybridized carbons (Fsp3) is 0.438. The fourth-order valence-corrected chi connectivity index (χ4v) is 2.69. The smallest absolute Gasteiger partial charge is 0.132 e. The first kappa shape index (κ1) is 13.2. The van der Waals surface area contributed by atoms with Crippen LogP contribution in [-0.4, -0.2) is 9.78 Å². The Kier molecular flexibility index (Phi) is 4.00. The Morgan fingerprint density at radius 3 is 2.60 bits per heavy atom. The summed E-state index contributed by atoms with van der Waals surface area (Å²) in [6.45, 7) is 0.422. The monoisotopic (exact) mass is 274 g/mol. The quantitative estimate of drug-likeness (QED) is 0.839. The molecule has 0 N–H and O–H groups in total. The number of aromatic nitrogens is 2. The number of nitrogens with zero attached hydrogens (tertiary/aromatic N) is 2. The van der Waals surface area contributed by atoms with Crippen molar-refractivity contribution in [3.63, 3.8) is 0 Å². The first-order valence-electron chi connectivity index (χ1n) is 7.24. The van der Waals surface area contributed by atoms with Crippen molar-refractivity contribution in [1.29, 1.82) is 0 Å². The van der Waals surface area contributed by atoms with Crippen LogP contribution in [0.5, 0.6) is 5.75 Å². The third-order valence-corrected chi connectivity index (χ3v) is 3.81. The number of rotatable bonds is 4. The van der Waals surface area contributed by atoms with Crippen LogP contribution in [-0.2, 0) is 6.61 Å². The van der Waals surface area contributed by atoms with Gasteiger partial charge in [0.25, 0.3) is 0 Å². The molecule has 20 heavy (non-hydrogen) atoms. The van der Waals surface area contributed by atoms with Crippen LogP contribution in [0, 0.1) is 5.82 Å². The summed E-state index contributed by atoms with van der Waals surface area (Å²) in [5.74, 6) is 0.414. The molecule has 1 aliphatic carbocycles. The summed E-state index contributed by atoms with van der Waals surface area (Å²) >= 11 is 0. The Morgan fingerprint density at radius 1 is 1.10 bits per heavy atom. The van der Waals surface area contributed by atoms with Gasteiger partial charge in [-0.25, -0.2) is 4.39 Å². The molecule has 0 amide bonds. The Bertz CT molecular complexity index is 544. The summed E-state index contributed by atoms with van der Waals surface area (Å²) in [6, 6.07) is 8.61. The number of hydrogen-bond donors (Lipinski definition) is 0. The van der Waals surface area contributed by atoms with Crippen LogP contribution in [0.1, 0.15) is 43.8 Å². The molecule has 0 spiro atoms. The maximum Gasteiger partial charge on any atom is 0.132 e. The average molecular weight is 274 g/mol. The van der Waals surface area contributed by atoms with Gasteiger partial charge >= 0.3 is 0 Å². The average Bonchev–Trinajstić information content (AvgIpc) is 2.97. The standard InChI is InChI=1S/C16H19FN2O/c17-13-6-8-16(9-7-13)20-12-14-10-11-19(18-14)15-4-2-1-3-5-15/h6-11,15H,1-5,12H2. The van der Waals surface area contributed by atoms with Crippen molar-refractivity contribution in [1.82, 2.24) is 9.78 Å². The molecule has 0 atom stereocenters. The van der Waals surface area contributed by atoms with E-state index in [1.165, 1.54) is 44.2 Å². The minimum Gasteiger partial charge on any atom is -0.487 e. The number of halogens is 1. The lowest BCUT2D eigenvalue weighted by Gasteiger charge is -2.21. The van der Waals surface area contributed by atoms with Crippen molar-refractivity contribution < 1.29 is 9.13 Å². The van der Waals surface area contributed by atoms with Gasteiger partial charge in [0.05, 0.1) is 11.7 Å². The van der Waals surface area contributed by atoms with E-state index in [-0.39, 0.29) is 5.82 Å². The van der Waals surface area contributed by atoms with Gasteiger partial charge in [-0.05, 0) is 43.2 Å². The van der Waals surface area contributed by atoms with Crippen LogP contribution in [0.3, 0.4) is 0 Å². The highest BCUT2D eigenvalue weighted by Gasteiger charge is 2.15. The predicted molar refractivity (Wildman–Crippen MR) is 75.1 cm³/mol. The Hall–Kier alpha value is -1.84. The molecule has 2 aromatic rings. The topological polar surface area (TPSA) is 27.1 Å². The van der Waals surface area contributed by atoms with E-state index in [1.807, 2.05) is 12.3 Å². The molecule has 1 aromatic carbocycles. The summed E-state index contributed by atoms with van der Waals surface area (Å²) in [7, 11) is 0. The van der Waals surface area contributed by atoms with Gasteiger partial charge in [-0.3, -0.25) is 4.68 Å². The van der Waals surface area contributed by atoms with Gasteiger partial charge in [0.2, 0.25) is 0 Å². The van der Waals surface area contributed by atoms with Crippen LogP contribution < -0.4 is 4.74 Å². The highest BCUT2D eigenvalue weighted by Crippen LogP contribution is 2.27. The zero-order valence-electron chi connectivity index (χ0n) is 11.5. The SMILES string of the molecule is Fc1ccc(OCc2ccn(C3CCCCC3)n2)cc1. The molecular formula is C16H19FN2O. The van der Waals surface area contributed by atoms with E-state index in [1.54, 1.807) is 12.1 Å². The van der Waals surface area contributed by atoms with E-state index < -0.39 is 0 Å². The molecule has 1 aliphatic rings. The summed E-state index contributed by atoms with van der Waals surface area (Å²) in [4.78, 5) is 0. The maximum absolute atomic E-state index is 12.8. The van der Waals surface area contributed by atoms with Crippen LogP contribution >= 0.6 is 0 Å². The first-order chi connectivity index (χ1) is 9.81. The van der Waals surface area contributed by atoms with Crippen molar-refractivity contribution >= 4 is 0 Å². The summed E-state index contributed by atoms with van der Waals surface area (Å²) in [5, 5.41) is 4.58. The highest BCUT2D eigenvalue weighted by molar-refractivity contribution is 5.22. The second-order valence-electron chi connectivity index (χ2n) is 5.32. The second kappa shape index (κ2) is 6.07. The molecule has 1 aromatic heterocycles. The van der Waals surface area contributed by atoms with Crippen LogP contribution in [0.15, 0.2) is 36.5 Å². The normalized spacial score (nSPS) is 16.2. The molecule has 0 bridgehead atoms. The van der Waals surface area contributed by atoms with E-state index in [0.717, 1.165) is 5.69 Å². The molecule has 3 nitrogen and oxygen atoms in total. The minimum absolute atomic E-state index is 0.251. The number of ether oxygens (including phenoxy) is 1. The van der Waals surface area contributed by atoms with Crippen molar-refractivity contribution in [2.75, 3.05) is 0 Å². The molecule has 0 aliphatic heterocycles. The minimum atomic E-state index is -0.251. The van der Waals surface area contributed by atoms with Crippen molar-refractivity contribution in [3.05, 3.63) is 48.0 Å². The summed E-state index contributed by atoms with van der Waals surface area (Å²) < 4.78 is 20.5. The molecule has 4 heteroatoms. The lowest BCUT2D eigenvalue weighted by atomic mass is 9.96. The van der Waals surface area contributed by atoms with Crippen LogP contribution in [0.4, 0.5) is 4.39 Å².